The van der Waals surface area contributed by atoms with Crippen LogP contribution in [0.1, 0.15) is 41.1 Å². The Labute approximate surface area is 197 Å². The number of halogens is 1. The largest absolute Gasteiger partial charge is 0.385 e. The van der Waals surface area contributed by atoms with Crippen molar-refractivity contribution < 1.29 is 4.74 Å². The molecule has 4 rings (SSSR count). The molecule has 0 saturated carbocycles. The van der Waals surface area contributed by atoms with E-state index in [9.17, 15) is 0 Å². The highest BCUT2D eigenvalue weighted by Crippen LogP contribution is 2.41. The molecule has 1 N–H and O–H groups in total. The molecule has 1 saturated heterocycles. The van der Waals surface area contributed by atoms with Gasteiger partial charge in [0.2, 0.25) is 0 Å². The van der Waals surface area contributed by atoms with Gasteiger partial charge in [-0.2, -0.15) is 0 Å². The van der Waals surface area contributed by atoms with Crippen molar-refractivity contribution in [3.05, 3.63) is 81.8 Å². The van der Waals surface area contributed by atoms with Crippen molar-refractivity contribution in [2.75, 3.05) is 20.3 Å². The Morgan fingerprint density at radius 2 is 1.94 bits per heavy atom. The van der Waals surface area contributed by atoms with E-state index in [0.29, 0.717) is 6.61 Å². The number of ether oxygens (including phenoxy) is 1. The summed E-state index contributed by atoms with van der Waals surface area (Å²) in [4.78, 5) is 6.94. The highest BCUT2D eigenvalue weighted by molar-refractivity contribution is 9.10. The topological polar surface area (TPSA) is 42.3 Å². The van der Waals surface area contributed by atoms with E-state index in [4.69, 9.17) is 17.0 Å². The number of methoxy groups -OCH3 is 1. The lowest BCUT2D eigenvalue weighted by molar-refractivity contribution is 0.180. The zero-order valence-corrected chi connectivity index (χ0v) is 20.4. The monoisotopic (exact) mass is 498 g/mol. The van der Waals surface area contributed by atoms with Gasteiger partial charge in [0.25, 0.3) is 0 Å². The first kappa shape index (κ1) is 22.0. The van der Waals surface area contributed by atoms with Gasteiger partial charge in [0, 0.05) is 48.0 Å². The van der Waals surface area contributed by atoms with Crippen molar-refractivity contribution in [1.29, 1.82) is 0 Å². The molecular formula is C24H27BrN4OS. The quantitative estimate of drug-likeness (QED) is 0.355. The Balaban J connectivity index is 1.78. The first-order chi connectivity index (χ1) is 15.0. The lowest BCUT2D eigenvalue weighted by Gasteiger charge is -2.28. The third-order valence-electron chi connectivity index (χ3n) is 5.82. The Morgan fingerprint density at radius 1 is 1.16 bits per heavy atom. The van der Waals surface area contributed by atoms with E-state index >= 15 is 0 Å². The molecule has 0 unspecified atom stereocenters. The summed E-state index contributed by atoms with van der Waals surface area (Å²) in [6.45, 7) is 5.88. The Kier molecular flexibility index (Phi) is 6.74. The number of hydrogen-bond donors (Lipinski definition) is 1. The number of aryl methyl sites for hydroxylation is 1. The van der Waals surface area contributed by atoms with Crippen LogP contribution in [0, 0.1) is 13.8 Å². The molecule has 3 heterocycles. The SMILES string of the molecule is COCCCN1C(=S)N[C@H](c2ccccn2)[C@@H]1c1cc(C)n(-c2ccc(Br)cc2)c1C. The van der Waals surface area contributed by atoms with Gasteiger partial charge in [-0.3, -0.25) is 4.98 Å². The van der Waals surface area contributed by atoms with Crippen molar-refractivity contribution in [2.24, 2.45) is 0 Å². The molecular weight excluding hydrogens is 472 g/mol. The van der Waals surface area contributed by atoms with Crippen molar-refractivity contribution >= 4 is 33.3 Å². The van der Waals surface area contributed by atoms with Gasteiger partial charge in [0.15, 0.2) is 5.11 Å². The van der Waals surface area contributed by atoms with Crippen LogP contribution >= 0.6 is 28.1 Å². The second-order valence-electron chi connectivity index (χ2n) is 7.80. The first-order valence-electron chi connectivity index (χ1n) is 10.4. The smallest absolute Gasteiger partial charge is 0.170 e. The van der Waals surface area contributed by atoms with Crippen molar-refractivity contribution in [3.63, 3.8) is 0 Å². The van der Waals surface area contributed by atoms with Crippen LogP contribution in [-0.2, 0) is 4.74 Å². The van der Waals surface area contributed by atoms with Gasteiger partial charge in [-0.25, -0.2) is 0 Å². The van der Waals surface area contributed by atoms with Crippen molar-refractivity contribution in [1.82, 2.24) is 19.8 Å². The summed E-state index contributed by atoms with van der Waals surface area (Å²) in [5.74, 6) is 0. The second-order valence-corrected chi connectivity index (χ2v) is 9.11. The molecule has 31 heavy (non-hydrogen) atoms. The maximum absolute atomic E-state index is 5.77. The maximum Gasteiger partial charge on any atom is 0.170 e. The minimum atomic E-state index is -0.00453. The summed E-state index contributed by atoms with van der Waals surface area (Å²) in [6.07, 6.45) is 2.75. The van der Waals surface area contributed by atoms with Crippen LogP contribution in [0.25, 0.3) is 5.69 Å². The number of pyridine rings is 1. The summed E-state index contributed by atoms with van der Waals surface area (Å²) in [7, 11) is 1.74. The standard InChI is InChI=1S/C24H27BrN4OS/c1-16-15-20(17(2)29(16)19-10-8-18(25)9-11-19)23-22(21-7-4-5-12-26-21)27-24(31)28(23)13-6-14-30-3/h4-5,7-12,15,22-23H,6,13-14H2,1-3H3,(H,27,31)/t22-,23+/m1/s1. The number of nitrogens with one attached hydrogen (secondary N) is 1. The van der Waals surface area contributed by atoms with Crippen LogP contribution in [0.2, 0.25) is 0 Å². The van der Waals surface area contributed by atoms with Crippen LogP contribution in [0.3, 0.4) is 0 Å². The summed E-state index contributed by atoms with van der Waals surface area (Å²) < 4.78 is 8.68. The molecule has 0 spiro atoms. The first-order valence-corrected chi connectivity index (χ1v) is 11.6. The van der Waals surface area contributed by atoms with E-state index in [-0.39, 0.29) is 12.1 Å². The molecule has 2 atom stereocenters. The highest BCUT2D eigenvalue weighted by atomic mass is 79.9. The summed E-state index contributed by atoms with van der Waals surface area (Å²) in [5.41, 5.74) is 5.83. The lowest BCUT2D eigenvalue weighted by atomic mass is 9.96. The normalized spacial score (nSPS) is 18.5. The summed E-state index contributed by atoms with van der Waals surface area (Å²) in [6, 6.07) is 16.8. The predicted octanol–water partition coefficient (Wildman–Crippen LogP) is 5.26. The van der Waals surface area contributed by atoms with Gasteiger partial charge >= 0.3 is 0 Å². The van der Waals surface area contributed by atoms with E-state index < -0.39 is 0 Å². The molecule has 0 bridgehead atoms. The van der Waals surface area contributed by atoms with Crippen molar-refractivity contribution in [3.8, 4) is 5.69 Å². The molecule has 162 valence electrons. The van der Waals surface area contributed by atoms with Gasteiger partial charge in [0.05, 0.1) is 17.8 Å². The fourth-order valence-electron chi connectivity index (χ4n) is 4.44. The molecule has 2 aromatic heterocycles. The molecule has 0 radical (unpaired) electrons. The third kappa shape index (κ3) is 4.40. The molecule has 1 aromatic carbocycles. The fourth-order valence-corrected chi connectivity index (χ4v) is 5.03. The number of nitrogens with zero attached hydrogens (tertiary/aromatic N) is 3. The minimum absolute atomic E-state index is 0.00453. The van der Waals surface area contributed by atoms with Crippen molar-refractivity contribution in [2.45, 2.75) is 32.4 Å². The van der Waals surface area contributed by atoms with E-state index in [1.807, 2.05) is 18.3 Å². The average molecular weight is 499 g/mol. The highest BCUT2D eigenvalue weighted by Gasteiger charge is 2.41. The summed E-state index contributed by atoms with van der Waals surface area (Å²) in [5, 5.41) is 4.31. The molecule has 1 aliphatic heterocycles. The molecule has 0 amide bonds. The van der Waals surface area contributed by atoms with Crippen LogP contribution in [0.15, 0.2) is 59.2 Å². The van der Waals surface area contributed by atoms with Gasteiger partial charge in [-0.15, -0.1) is 0 Å². The van der Waals surface area contributed by atoms with Crippen LogP contribution in [-0.4, -0.2) is 39.8 Å². The van der Waals surface area contributed by atoms with Crippen LogP contribution in [0.4, 0.5) is 0 Å². The van der Waals surface area contributed by atoms with E-state index in [1.54, 1.807) is 7.11 Å². The molecule has 3 aromatic rings. The lowest BCUT2D eigenvalue weighted by Crippen LogP contribution is -2.31. The number of rotatable bonds is 7. The molecule has 7 heteroatoms. The Hall–Kier alpha value is -2.22. The van der Waals surface area contributed by atoms with Gasteiger partial charge < -0.3 is 19.5 Å². The maximum atomic E-state index is 5.77. The zero-order chi connectivity index (χ0) is 22.0. The molecule has 0 aliphatic carbocycles. The predicted molar refractivity (Wildman–Crippen MR) is 132 cm³/mol. The van der Waals surface area contributed by atoms with Gasteiger partial charge in [0.1, 0.15) is 0 Å². The van der Waals surface area contributed by atoms with E-state index in [1.165, 1.54) is 17.0 Å². The van der Waals surface area contributed by atoms with Gasteiger partial charge in [-0.1, -0.05) is 22.0 Å². The number of benzene rings is 1. The zero-order valence-electron chi connectivity index (χ0n) is 18.0. The number of aromatic nitrogens is 2. The molecule has 5 nitrogen and oxygen atoms in total. The molecule has 1 aliphatic rings. The Morgan fingerprint density at radius 3 is 2.61 bits per heavy atom. The van der Waals surface area contributed by atoms with E-state index in [0.717, 1.165) is 33.9 Å². The minimum Gasteiger partial charge on any atom is -0.385 e. The second kappa shape index (κ2) is 9.51. The molecule has 1 fully saturated rings. The van der Waals surface area contributed by atoms with Crippen LogP contribution < -0.4 is 5.32 Å². The van der Waals surface area contributed by atoms with Crippen LogP contribution in [0.5, 0.6) is 0 Å². The third-order valence-corrected chi connectivity index (χ3v) is 6.70. The number of hydrogen-bond acceptors (Lipinski definition) is 3. The number of thiocarbonyl (C=S) groups is 1. The summed E-state index contributed by atoms with van der Waals surface area (Å²) >= 11 is 9.31. The Bertz CT molecular complexity index is 1050. The average Bonchev–Trinajstić information content (AvgIpc) is 3.25. The van der Waals surface area contributed by atoms with Gasteiger partial charge in [-0.05, 0) is 80.5 Å². The van der Waals surface area contributed by atoms with E-state index in [2.05, 4.69) is 85.9 Å². The fraction of sp³-hybridized carbons (Fsp3) is 0.333.